The van der Waals surface area contributed by atoms with Gasteiger partial charge in [0, 0.05) is 0 Å². The normalized spacial score (nSPS) is 10.4. The lowest BCUT2D eigenvalue weighted by Crippen LogP contribution is -2.01. The molecule has 0 aliphatic rings. The highest BCUT2D eigenvalue weighted by molar-refractivity contribution is 14.1. The maximum atomic E-state index is 6.14. The van der Waals surface area contributed by atoms with Gasteiger partial charge in [0.05, 0.1) is 36.2 Å². The number of aromatic nitrogens is 2. The lowest BCUT2D eigenvalue weighted by atomic mass is 10.1. The minimum absolute atomic E-state index is 0.412. The first kappa shape index (κ1) is 16.1. The Labute approximate surface area is 141 Å². The average Bonchev–Trinajstić information content (AvgIpc) is 2.50. The summed E-state index contributed by atoms with van der Waals surface area (Å²) in [5, 5.41) is 0.412. The topological polar surface area (TPSA) is 53.5 Å². The minimum atomic E-state index is 0.412. The lowest BCUT2D eigenvalue weighted by molar-refractivity contribution is 0.325. The number of ether oxygens (including phenoxy) is 3. The number of aryl methyl sites for hydroxylation is 1. The number of halogens is 2. The van der Waals surface area contributed by atoms with E-state index in [1.54, 1.807) is 27.4 Å². The molecule has 2 aromatic rings. The van der Waals surface area contributed by atoms with Crippen LogP contribution in [0.25, 0.3) is 11.4 Å². The van der Waals surface area contributed by atoms with Crippen molar-refractivity contribution in [2.45, 2.75) is 6.92 Å². The molecule has 0 aliphatic carbocycles. The van der Waals surface area contributed by atoms with Crippen LogP contribution in [0.5, 0.6) is 17.2 Å². The third-order valence-electron chi connectivity index (χ3n) is 2.92. The maximum absolute atomic E-state index is 6.14. The molecule has 0 aliphatic heterocycles. The summed E-state index contributed by atoms with van der Waals surface area (Å²) in [7, 11) is 4.68. The Morgan fingerprint density at radius 2 is 1.67 bits per heavy atom. The van der Waals surface area contributed by atoms with Crippen molar-refractivity contribution in [1.82, 2.24) is 9.97 Å². The molecule has 21 heavy (non-hydrogen) atoms. The Morgan fingerprint density at radius 1 is 1.00 bits per heavy atom. The van der Waals surface area contributed by atoms with Gasteiger partial charge in [0.1, 0.15) is 5.15 Å². The van der Waals surface area contributed by atoms with Crippen LogP contribution in [0.15, 0.2) is 12.1 Å². The molecule has 0 radical (unpaired) electrons. The molecule has 0 saturated heterocycles. The molecule has 5 nitrogen and oxygen atoms in total. The number of benzene rings is 1. The van der Waals surface area contributed by atoms with E-state index in [1.165, 1.54) is 0 Å². The van der Waals surface area contributed by atoms with Crippen LogP contribution in [0.4, 0.5) is 0 Å². The molecule has 1 aromatic heterocycles. The molecule has 0 unspecified atom stereocenters. The van der Waals surface area contributed by atoms with Crippen molar-refractivity contribution in [3.63, 3.8) is 0 Å². The van der Waals surface area contributed by atoms with E-state index in [2.05, 4.69) is 32.6 Å². The zero-order valence-electron chi connectivity index (χ0n) is 12.0. The summed E-state index contributed by atoms with van der Waals surface area (Å²) in [5.74, 6) is 2.06. The van der Waals surface area contributed by atoms with Crippen molar-refractivity contribution in [3.05, 3.63) is 26.5 Å². The van der Waals surface area contributed by atoms with Crippen LogP contribution in [0.1, 0.15) is 5.69 Å². The molecule has 1 heterocycles. The summed E-state index contributed by atoms with van der Waals surface area (Å²) in [5.41, 5.74) is 1.50. The highest BCUT2D eigenvalue weighted by Gasteiger charge is 2.20. The molecule has 2 rings (SSSR count). The average molecular weight is 421 g/mol. The summed E-state index contributed by atoms with van der Waals surface area (Å²) in [6.07, 6.45) is 0. The molecule has 0 amide bonds. The molecular weight excluding hydrogens is 407 g/mol. The Hall–Kier alpha value is -1.28. The van der Waals surface area contributed by atoms with Crippen LogP contribution >= 0.6 is 34.2 Å². The third kappa shape index (κ3) is 3.01. The molecule has 0 saturated carbocycles. The van der Waals surface area contributed by atoms with Crippen molar-refractivity contribution < 1.29 is 14.2 Å². The summed E-state index contributed by atoms with van der Waals surface area (Å²) in [6.45, 7) is 1.88. The number of methoxy groups -OCH3 is 3. The van der Waals surface area contributed by atoms with Gasteiger partial charge in [-0.1, -0.05) is 11.6 Å². The van der Waals surface area contributed by atoms with Crippen molar-refractivity contribution in [3.8, 4) is 28.6 Å². The molecular formula is C14H14ClIN2O3. The maximum Gasteiger partial charge on any atom is 0.204 e. The molecule has 0 fully saturated rings. The predicted octanol–water partition coefficient (Wildman–Crippen LogP) is 3.74. The quantitative estimate of drug-likeness (QED) is 0.557. The van der Waals surface area contributed by atoms with Gasteiger partial charge in [0.25, 0.3) is 0 Å². The fraction of sp³-hybridized carbons (Fsp3) is 0.286. The third-order valence-corrected chi connectivity index (χ3v) is 4.81. The zero-order chi connectivity index (χ0) is 15.6. The van der Waals surface area contributed by atoms with E-state index in [4.69, 9.17) is 25.8 Å². The molecule has 112 valence electrons. The predicted molar refractivity (Wildman–Crippen MR) is 89.6 cm³/mol. The Morgan fingerprint density at radius 3 is 2.19 bits per heavy atom. The van der Waals surface area contributed by atoms with Crippen LogP contribution < -0.4 is 14.2 Å². The first-order valence-corrected chi connectivity index (χ1v) is 7.48. The molecule has 0 bridgehead atoms. The summed E-state index contributed by atoms with van der Waals surface area (Å²) < 4.78 is 16.9. The monoisotopic (exact) mass is 420 g/mol. The molecule has 0 spiro atoms. The summed E-state index contributed by atoms with van der Waals surface area (Å²) >= 11 is 8.26. The van der Waals surface area contributed by atoms with Gasteiger partial charge < -0.3 is 14.2 Å². The van der Waals surface area contributed by atoms with Crippen molar-refractivity contribution >= 4 is 34.2 Å². The SMILES string of the molecule is COc1ccc(-c2nc(C)c(I)c(Cl)n2)c(OC)c1OC. The van der Waals surface area contributed by atoms with Crippen molar-refractivity contribution in [2.24, 2.45) is 0 Å². The van der Waals surface area contributed by atoms with Crippen LogP contribution in [0.3, 0.4) is 0 Å². The van der Waals surface area contributed by atoms with E-state index in [-0.39, 0.29) is 0 Å². The van der Waals surface area contributed by atoms with Crippen LogP contribution in [0, 0.1) is 10.5 Å². The Kier molecular flexibility index (Phi) is 5.10. The first-order valence-electron chi connectivity index (χ1n) is 6.02. The largest absolute Gasteiger partial charge is 0.493 e. The van der Waals surface area contributed by atoms with E-state index in [0.717, 1.165) is 9.26 Å². The van der Waals surface area contributed by atoms with E-state index in [0.29, 0.717) is 33.8 Å². The fourth-order valence-corrected chi connectivity index (χ4v) is 2.38. The van der Waals surface area contributed by atoms with Gasteiger partial charge in [-0.2, -0.15) is 0 Å². The smallest absolute Gasteiger partial charge is 0.204 e. The van der Waals surface area contributed by atoms with Crippen LogP contribution in [0.2, 0.25) is 5.15 Å². The van der Waals surface area contributed by atoms with Crippen LogP contribution in [-0.2, 0) is 0 Å². The van der Waals surface area contributed by atoms with Gasteiger partial charge in [0.15, 0.2) is 17.3 Å². The van der Waals surface area contributed by atoms with Gasteiger partial charge in [-0.25, -0.2) is 9.97 Å². The van der Waals surface area contributed by atoms with Gasteiger partial charge in [-0.15, -0.1) is 0 Å². The van der Waals surface area contributed by atoms with Crippen molar-refractivity contribution in [1.29, 1.82) is 0 Å². The first-order chi connectivity index (χ1) is 10.0. The molecule has 0 atom stereocenters. The van der Waals surface area contributed by atoms with E-state index in [1.807, 2.05) is 13.0 Å². The highest BCUT2D eigenvalue weighted by atomic mass is 127. The standard InChI is InChI=1S/C14H14ClIN2O3/c1-7-10(16)13(15)18-14(17-7)8-5-6-9(19-2)12(21-4)11(8)20-3/h5-6H,1-4H3. The molecule has 1 aromatic carbocycles. The Bertz CT molecular complexity index is 657. The molecule has 0 N–H and O–H groups in total. The van der Waals surface area contributed by atoms with E-state index in [9.17, 15) is 0 Å². The lowest BCUT2D eigenvalue weighted by Gasteiger charge is -2.15. The summed E-state index contributed by atoms with van der Waals surface area (Å²) in [4.78, 5) is 8.78. The van der Waals surface area contributed by atoms with Gasteiger partial charge in [-0.05, 0) is 41.6 Å². The molecule has 7 heteroatoms. The second-order valence-corrected chi connectivity index (χ2v) is 5.56. The number of nitrogens with zero attached hydrogens (tertiary/aromatic N) is 2. The zero-order valence-corrected chi connectivity index (χ0v) is 14.9. The van der Waals surface area contributed by atoms with Crippen molar-refractivity contribution in [2.75, 3.05) is 21.3 Å². The summed E-state index contributed by atoms with van der Waals surface area (Å²) in [6, 6.07) is 3.60. The number of hydrogen-bond acceptors (Lipinski definition) is 5. The number of rotatable bonds is 4. The van der Waals surface area contributed by atoms with Crippen LogP contribution in [-0.4, -0.2) is 31.3 Å². The van der Waals surface area contributed by atoms with Gasteiger partial charge >= 0.3 is 0 Å². The second-order valence-electron chi connectivity index (χ2n) is 4.12. The minimum Gasteiger partial charge on any atom is -0.493 e. The van der Waals surface area contributed by atoms with E-state index < -0.39 is 0 Å². The fourth-order valence-electron chi connectivity index (χ4n) is 1.92. The van der Waals surface area contributed by atoms with E-state index >= 15 is 0 Å². The van der Waals surface area contributed by atoms with Gasteiger partial charge in [-0.3, -0.25) is 0 Å². The highest BCUT2D eigenvalue weighted by Crippen LogP contribution is 2.43. The van der Waals surface area contributed by atoms with Gasteiger partial charge in [0.2, 0.25) is 5.75 Å². The number of hydrogen-bond donors (Lipinski definition) is 0. The second kappa shape index (κ2) is 6.65. The Balaban J connectivity index is 2.69.